The van der Waals surface area contributed by atoms with E-state index >= 15 is 0 Å². The van der Waals surface area contributed by atoms with E-state index in [1.54, 1.807) is 45.6 Å². The number of methoxy groups -OCH3 is 3. The Labute approximate surface area is 253 Å². The molecule has 6 fully saturated rings. The first-order chi connectivity index (χ1) is 20.5. The van der Waals surface area contributed by atoms with E-state index in [1.165, 1.54) is 6.92 Å². The molecule has 5 saturated carbocycles. The SMILES string of the molecule is CCN1C[C@]2(OC(=O)c3ccccc3NC(C)=O)CC[C@H](OC)[C@]34C1[C@@H](C[C@H]23)[C@@]1(O)C[C@H](OC)C[C@H]2C[C@@H]4[C@]1(O)[C@H]2OC. The Bertz CT molecular complexity index is 1310. The van der Waals surface area contributed by atoms with E-state index in [0.717, 1.165) is 0 Å². The van der Waals surface area contributed by atoms with E-state index in [2.05, 4.69) is 17.1 Å². The van der Waals surface area contributed by atoms with Gasteiger partial charge in [0.15, 0.2) is 0 Å². The highest BCUT2D eigenvalue weighted by molar-refractivity contribution is 6.00. The molecule has 6 aliphatic rings. The molecule has 1 aromatic rings. The predicted octanol–water partition coefficient (Wildman–Crippen LogP) is 2.61. The van der Waals surface area contributed by atoms with Crippen molar-refractivity contribution >= 4 is 17.6 Å². The number of likely N-dealkylation sites (tertiary alicyclic amines) is 1. The van der Waals surface area contributed by atoms with E-state index in [-0.39, 0.29) is 47.8 Å². The number of likely N-dealkylation sites (N-methyl/N-ethyl adjacent to an activating group) is 1. The molecule has 236 valence electrons. The van der Waals surface area contributed by atoms with Crippen molar-refractivity contribution in [2.75, 3.05) is 39.7 Å². The zero-order valence-corrected chi connectivity index (χ0v) is 25.9. The van der Waals surface area contributed by atoms with Crippen LogP contribution in [0.4, 0.5) is 5.69 Å². The van der Waals surface area contributed by atoms with Crippen LogP contribution in [0.15, 0.2) is 24.3 Å². The van der Waals surface area contributed by atoms with Crippen LogP contribution in [-0.2, 0) is 23.7 Å². The van der Waals surface area contributed by atoms with Gasteiger partial charge in [-0.1, -0.05) is 19.1 Å². The second-order valence-corrected chi connectivity index (χ2v) is 14.1. The van der Waals surface area contributed by atoms with Crippen LogP contribution in [0.2, 0.25) is 0 Å². The number of carbonyl (C=O) groups is 2. The number of amides is 1. The largest absolute Gasteiger partial charge is 0.454 e. The minimum atomic E-state index is -1.49. The Hall–Kier alpha value is -2.08. The lowest BCUT2D eigenvalue weighted by Gasteiger charge is -2.70. The minimum absolute atomic E-state index is 0.0180. The van der Waals surface area contributed by atoms with Crippen molar-refractivity contribution in [2.45, 2.75) is 93.5 Å². The number of hydrogen-bond donors (Lipinski definition) is 3. The number of anilines is 1. The molecule has 1 spiro atoms. The number of esters is 1. The second-order valence-electron chi connectivity index (χ2n) is 14.1. The zero-order valence-electron chi connectivity index (χ0n) is 25.9. The van der Waals surface area contributed by atoms with E-state index in [9.17, 15) is 19.8 Å². The minimum Gasteiger partial charge on any atom is -0.454 e. The van der Waals surface area contributed by atoms with Gasteiger partial charge in [-0.05, 0) is 56.7 Å². The Morgan fingerprint density at radius 2 is 1.81 bits per heavy atom. The molecule has 1 aliphatic heterocycles. The number of aliphatic hydroxyl groups is 2. The average Bonchev–Trinajstić information content (AvgIpc) is 3.38. The first-order valence-corrected chi connectivity index (χ1v) is 15.9. The number of para-hydroxylation sites is 1. The fourth-order valence-electron chi connectivity index (χ4n) is 11.8. The van der Waals surface area contributed by atoms with Gasteiger partial charge in [-0.2, -0.15) is 0 Å². The molecule has 0 radical (unpaired) electrons. The molecule has 12 atom stereocenters. The molecule has 7 rings (SSSR count). The summed E-state index contributed by atoms with van der Waals surface area (Å²) in [6, 6.07) is 6.90. The molecule has 3 N–H and O–H groups in total. The van der Waals surface area contributed by atoms with Crippen molar-refractivity contribution in [3.8, 4) is 0 Å². The molecule has 1 heterocycles. The summed E-state index contributed by atoms with van der Waals surface area (Å²) in [5.74, 6) is -1.44. The normalized spacial score (nSPS) is 47.6. The van der Waals surface area contributed by atoms with Gasteiger partial charge in [-0.15, -0.1) is 0 Å². The van der Waals surface area contributed by atoms with Crippen LogP contribution in [0.1, 0.15) is 62.7 Å². The van der Waals surface area contributed by atoms with Gasteiger partial charge in [0, 0.05) is 70.4 Å². The van der Waals surface area contributed by atoms with Crippen molar-refractivity contribution in [1.82, 2.24) is 4.90 Å². The van der Waals surface area contributed by atoms with E-state index in [0.29, 0.717) is 62.9 Å². The maximum atomic E-state index is 14.1. The molecule has 10 heteroatoms. The molecule has 1 unspecified atom stereocenters. The number of rotatable bonds is 7. The van der Waals surface area contributed by atoms with Gasteiger partial charge < -0.3 is 34.5 Å². The third kappa shape index (κ3) is 3.56. The number of nitrogens with one attached hydrogen (secondary N) is 1. The van der Waals surface area contributed by atoms with E-state index in [1.807, 2.05) is 0 Å². The predicted molar refractivity (Wildman–Crippen MR) is 156 cm³/mol. The molecular formula is C33H46N2O8. The number of carbonyl (C=O) groups excluding carboxylic acids is 2. The average molecular weight is 599 g/mol. The number of hydrogen-bond acceptors (Lipinski definition) is 9. The summed E-state index contributed by atoms with van der Waals surface area (Å²) in [6.07, 6.45) is 2.74. The summed E-state index contributed by atoms with van der Waals surface area (Å²) in [5.41, 5.74) is -3.59. The maximum Gasteiger partial charge on any atom is 0.340 e. The van der Waals surface area contributed by atoms with Crippen molar-refractivity contribution < 1.29 is 38.7 Å². The van der Waals surface area contributed by atoms with Crippen LogP contribution in [0, 0.1) is 29.1 Å². The highest BCUT2D eigenvalue weighted by atomic mass is 16.6. The second kappa shape index (κ2) is 9.96. The number of benzene rings is 1. The van der Waals surface area contributed by atoms with Gasteiger partial charge in [-0.25, -0.2) is 4.79 Å². The van der Waals surface area contributed by atoms with Crippen LogP contribution >= 0.6 is 0 Å². The number of nitrogens with zero attached hydrogens (tertiary/aromatic N) is 1. The van der Waals surface area contributed by atoms with Crippen LogP contribution < -0.4 is 5.32 Å². The lowest BCUT2D eigenvalue weighted by atomic mass is 9.43. The first-order valence-electron chi connectivity index (χ1n) is 15.9. The van der Waals surface area contributed by atoms with Crippen molar-refractivity contribution in [2.24, 2.45) is 29.1 Å². The third-order valence-corrected chi connectivity index (χ3v) is 12.9. The highest BCUT2D eigenvalue weighted by Gasteiger charge is 2.88. The van der Waals surface area contributed by atoms with E-state index < -0.39 is 34.3 Å². The van der Waals surface area contributed by atoms with Crippen LogP contribution in [0.25, 0.3) is 0 Å². The molecular weight excluding hydrogens is 552 g/mol. The molecule has 1 aromatic carbocycles. The Morgan fingerprint density at radius 1 is 1.05 bits per heavy atom. The maximum absolute atomic E-state index is 14.1. The van der Waals surface area contributed by atoms with Gasteiger partial charge in [-0.3, -0.25) is 9.69 Å². The fraction of sp³-hybridized carbons (Fsp3) is 0.758. The molecule has 1 saturated heterocycles. The van der Waals surface area contributed by atoms with Crippen LogP contribution in [-0.4, -0.2) is 103 Å². The third-order valence-electron chi connectivity index (χ3n) is 12.9. The Kier molecular flexibility index (Phi) is 6.86. The summed E-state index contributed by atoms with van der Waals surface area (Å²) in [6.45, 7) is 4.79. The number of fused-ring (bicyclic) bond motifs is 2. The fourth-order valence-corrected chi connectivity index (χ4v) is 11.8. The van der Waals surface area contributed by atoms with Crippen molar-refractivity contribution in [1.29, 1.82) is 0 Å². The summed E-state index contributed by atoms with van der Waals surface area (Å²) >= 11 is 0. The molecule has 0 aromatic heterocycles. The van der Waals surface area contributed by atoms with Crippen LogP contribution in [0.3, 0.4) is 0 Å². The van der Waals surface area contributed by atoms with Gasteiger partial charge in [0.1, 0.15) is 16.8 Å². The smallest absolute Gasteiger partial charge is 0.340 e. The van der Waals surface area contributed by atoms with E-state index in [4.69, 9.17) is 18.9 Å². The quantitative estimate of drug-likeness (QED) is 0.406. The number of ether oxygens (including phenoxy) is 4. The number of piperidine rings is 1. The topological polar surface area (TPSA) is 127 Å². The standard InChI is InChI=1S/C33H46N2O8/c1-6-35-17-30(43-29(37)21-9-7-8-10-23(21)34-18(2)36)12-11-26(41-4)32-24(30)15-22(27(32)35)31(38)16-20(40-3)13-19-14-25(32)33(31,39)28(19)42-5/h7-10,19-20,22,24-28,38-39H,6,11-17H2,1-5H3,(H,34,36)/t19-,20+,22+,24+,25-,26-,27?,28-,30+,31-,32-,33-/m0/s1. The first kappa shape index (κ1) is 29.6. The molecule has 1 amide bonds. The van der Waals surface area contributed by atoms with Crippen molar-refractivity contribution in [3.63, 3.8) is 0 Å². The van der Waals surface area contributed by atoms with Crippen molar-refractivity contribution in [3.05, 3.63) is 29.8 Å². The lowest BCUT2D eigenvalue weighted by Crippen LogP contribution is -2.82. The summed E-state index contributed by atoms with van der Waals surface area (Å²) in [7, 11) is 5.09. The summed E-state index contributed by atoms with van der Waals surface area (Å²) in [5, 5.41) is 28.8. The Morgan fingerprint density at radius 3 is 2.49 bits per heavy atom. The van der Waals surface area contributed by atoms with Gasteiger partial charge in [0.2, 0.25) is 5.91 Å². The Balaban J connectivity index is 1.39. The lowest BCUT2D eigenvalue weighted by molar-refractivity contribution is -0.328. The highest BCUT2D eigenvalue weighted by Crippen LogP contribution is 2.78. The summed E-state index contributed by atoms with van der Waals surface area (Å²) in [4.78, 5) is 28.4. The van der Waals surface area contributed by atoms with Crippen LogP contribution in [0.5, 0.6) is 0 Å². The molecule has 7 bridgehead atoms. The summed E-state index contributed by atoms with van der Waals surface area (Å²) < 4.78 is 25.1. The zero-order chi connectivity index (χ0) is 30.5. The van der Waals surface area contributed by atoms with Gasteiger partial charge in [0.25, 0.3) is 0 Å². The van der Waals surface area contributed by atoms with Gasteiger partial charge >= 0.3 is 5.97 Å². The molecule has 10 nitrogen and oxygen atoms in total. The van der Waals surface area contributed by atoms with Gasteiger partial charge in [0.05, 0.1) is 29.6 Å². The molecule has 5 aliphatic carbocycles. The molecule has 43 heavy (non-hydrogen) atoms. The monoisotopic (exact) mass is 598 g/mol.